The number of amides is 1. The lowest BCUT2D eigenvalue weighted by molar-refractivity contribution is -0.198. The number of halogens is 1. The summed E-state index contributed by atoms with van der Waals surface area (Å²) in [4.78, 5) is 24.4. The molecule has 2 atom stereocenters. The van der Waals surface area contributed by atoms with Crippen LogP contribution < -0.4 is 10.8 Å². The van der Waals surface area contributed by atoms with Crippen molar-refractivity contribution in [1.29, 1.82) is 0 Å². The molecule has 1 aromatic rings. The summed E-state index contributed by atoms with van der Waals surface area (Å²) >= 11 is 6.50. The van der Waals surface area contributed by atoms with Crippen molar-refractivity contribution in [3.05, 3.63) is 28.9 Å². The number of carbonyl (C=O) groups is 1. The van der Waals surface area contributed by atoms with Gasteiger partial charge in [0, 0.05) is 44.4 Å². The molecule has 2 saturated heterocycles. The standard InChI is InChI=1S/C25H37ClN4O3/c26-22-15-20(11-12-23(31)29-33-24-10-4-5-14-32-24)16-27-25(22)28-21-9-6-13-30(18-21)17-19-7-2-1-3-8-19/h11-12,15-16,19,21,24H,1-10,13-14,17-18H2,(H,27,28)(H,29,31)/t21-,24?/m1/s1. The fourth-order valence-electron chi connectivity index (χ4n) is 5.05. The Bertz CT molecular complexity index is 794. The van der Waals surface area contributed by atoms with Crippen molar-refractivity contribution in [3.8, 4) is 0 Å². The van der Waals surface area contributed by atoms with Crippen molar-refractivity contribution in [2.45, 2.75) is 76.5 Å². The molecule has 1 saturated carbocycles. The summed E-state index contributed by atoms with van der Waals surface area (Å²) in [5.74, 6) is 1.23. The third-order valence-corrected chi connectivity index (χ3v) is 7.09. The van der Waals surface area contributed by atoms with E-state index < -0.39 is 0 Å². The average molecular weight is 477 g/mol. The van der Waals surface area contributed by atoms with Crippen LogP contribution in [0.25, 0.3) is 6.08 Å². The first-order valence-corrected chi connectivity index (χ1v) is 12.9. The van der Waals surface area contributed by atoms with Gasteiger partial charge in [0.15, 0.2) is 6.29 Å². The Hall–Kier alpha value is -1.67. The van der Waals surface area contributed by atoms with Gasteiger partial charge in [0.25, 0.3) is 5.91 Å². The van der Waals surface area contributed by atoms with E-state index in [1.54, 1.807) is 12.3 Å². The van der Waals surface area contributed by atoms with E-state index in [1.165, 1.54) is 57.7 Å². The first-order chi connectivity index (χ1) is 16.2. The normalized spacial score (nSPS) is 25.2. The highest BCUT2D eigenvalue weighted by molar-refractivity contribution is 6.33. The second-order valence-electron chi connectivity index (χ2n) is 9.56. The molecule has 0 aromatic carbocycles. The Kier molecular flexibility index (Phi) is 9.41. The molecule has 2 N–H and O–H groups in total. The number of likely N-dealkylation sites (tertiary alicyclic amines) is 1. The zero-order chi connectivity index (χ0) is 22.9. The molecule has 7 nitrogen and oxygen atoms in total. The number of hydrogen-bond donors (Lipinski definition) is 2. The fourth-order valence-corrected chi connectivity index (χ4v) is 5.28. The zero-order valence-electron chi connectivity index (χ0n) is 19.4. The van der Waals surface area contributed by atoms with E-state index in [0.29, 0.717) is 23.5 Å². The molecule has 4 rings (SSSR count). The van der Waals surface area contributed by atoms with Crippen molar-refractivity contribution in [1.82, 2.24) is 15.4 Å². The number of pyridine rings is 1. The minimum atomic E-state index is -0.365. The molecule has 8 heteroatoms. The zero-order valence-corrected chi connectivity index (χ0v) is 20.2. The number of ether oxygens (including phenoxy) is 1. The lowest BCUT2D eigenvalue weighted by Gasteiger charge is -2.36. The van der Waals surface area contributed by atoms with E-state index >= 15 is 0 Å². The summed E-state index contributed by atoms with van der Waals surface area (Å²) in [6, 6.07) is 2.19. The van der Waals surface area contributed by atoms with Gasteiger partial charge < -0.3 is 15.0 Å². The average Bonchev–Trinajstić information content (AvgIpc) is 2.84. The van der Waals surface area contributed by atoms with Crippen LogP contribution in [0.1, 0.15) is 69.8 Å². The predicted octanol–water partition coefficient (Wildman–Crippen LogP) is 4.78. The molecule has 182 valence electrons. The molecule has 0 spiro atoms. The van der Waals surface area contributed by atoms with Gasteiger partial charge in [-0.05, 0) is 68.7 Å². The molecule has 1 unspecified atom stereocenters. The molecule has 3 aliphatic rings. The van der Waals surface area contributed by atoms with Crippen LogP contribution in [0.2, 0.25) is 5.02 Å². The molecule has 1 aromatic heterocycles. The van der Waals surface area contributed by atoms with E-state index in [1.807, 2.05) is 6.07 Å². The smallest absolute Gasteiger partial charge is 0.267 e. The Balaban J connectivity index is 1.23. The molecular formula is C25H37ClN4O3. The van der Waals surface area contributed by atoms with Crippen molar-refractivity contribution in [2.75, 3.05) is 31.6 Å². The highest BCUT2D eigenvalue weighted by Gasteiger charge is 2.24. The van der Waals surface area contributed by atoms with Crippen LogP contribution in [0.15, 0.2) is 18.3 Å². The van der Waals surface area contributed by atoms with Gasteiger partial charge in [-0.25, -0.2) is 15.3 Å². The van der Waals surface area contributed by atoms with Gasteiger partial charge in [0.2, 0.25) is 0 Å². The first kappa shape index (κ1) is 24.5. The summed E-state index contributed by atoms with van der Waals surface area (Å²) < 4.78 is 5.43. The third-order valence-electron chi connectivity index (χ3n) is 6.81. The number of nitrogens with one attached hydrogen (secondary N) is 2. The quantitative estimate of drug-likeness (QED) is 0.415. The van der Waals surface area contributed by atoms with Gasteiger partial charge in [0.05, 0.1) is 5.02 Å². The number of carbonyl (C=O) groups excluding carboxylic acids is 1. The van der Waals surface area contributed by atoms with Gasteiger partial charge in [-0.3, -0.25) is 4.79 Å². The second kappa shape index (κ2) is 12.7. The lowest BCUT2D eigenvalue weighted by atomic mass is 9.88. The van der Waals surface area contributed by atoms with Crippen LogP contribution in [0.4, 0.5) is 5.82 Å². The highest BCUT2D eigenvalue weighted by Crippen LogP contribution is 2.27. The van der Waals surface area contributed by atoms with Crippen LogP contribution in [-0.4, -0.2) is 54.4 Å². The SMILES string of the molecule is O=C(C=Cc1cnc(N[C@@H]2CCCN(CC3CCCCC3)C2)c(Cl)c1)NOC1CCCCO1. The molecular weight excluding hydrogens is 440 g/mol. The first-order valence-electron chi connectivity index (χ1n) is 12.6. The molecule has 2 aliphatic heterocycles. The van der Waals surface area contributed by atoms with Crippen LogP contribution in [0, 0.1) is 5.92 Å². The summed E-state index contributed by atoms with van der Waals surface area (Å²) in [5.41, 5.74) is 3.18. The van der Waals surface area contributed by atoms with Crippen LogP contribution in [0.3, 0.4) is 0 Å². The Morgan fingerprint density at radius 3 is 2.82 bits per heavy atom. The van der Waals surface area contributed by atoms with E-state index in [9.17, 15) is 4.79 Å². The highest BCUT2D eigenvalue weighted by atomic mass is 35.5. The van der Waals surface area contributed by atoms with E-state index in [4.69, 9.17) is 21.2 Å². The number of piperidine rings is 1. The maximum absolute atomic E-state index is 12.0. The monoisotopic (exact) mass is 476 g/mol. The van der Waals surface area contributed by atoms with Gasteiger partial charge in [-0.2, -0.15) is 0 Å². The Labute approximate surface area is 202 Å². The number of aromatic nitrogens is 1. The van der Waals surface area contributed by atoms with Crippen molar-refractivity contribution < 1.29 is 14.4 Å². The van der Waals surface area contributed by atoms with Crippen LogP contribution in [-0.2, 0) is 14.4 Å². The maximum Gasteiger partial charge on any atom is 0.267 e. The van der Waals surface area contributed by atoms with Gasteiger partial charge in [0.1, 0.15) is 5.82 Å². The Morgan fingerprint density at radius 1 is 1.18 bits per heavy atom. The van der Waals surface area contributed by atoms with Crippen molar-refractivity contribution in [2.24, 2.45) is 5.92 Å². The van der Waals surface area contributed by atoms with Gasteiger partial charge in [-0.1, -0.05) is 30.9 Å². The molecule has 1 aliphatic carbocycles. The maximum atomic E-state index is 12.0. The number of hydroxylamine groups is 1. The number of anilines is 1. The Morgan fingerprint density at radius 2 is 2.03 bits per heavy atom. The third kappa shape index (κ3) is 7.95. The predicted molar refractivity (Wildman–Crippen MR) is 131 cm³/mol. The topological polar surface area (TPSA) is 75.7 Å². The molecule has 0 radical (unpaired) electrons. The fraction of sp³-hybridized carbons (Fsp3) is 0.680. The number of hydrogen-bond acceptors (Lipinski definition) is 6. The van der Waals surface area contributed by atoms with E-state index in [-0.39, 0.29) is 12.2 Å². The van der Waals surface area contributed by atoms with Crippen molar-refractivity contribution in [3.63, 3.8) is 0 Å². The van der Waals surface area contributed by atoms with Gasteiger partial charge >= 0.3 is 0 Å². The van der Waals surface area contributed by atoms with Crippen LogP contribution >= 0.6 is 11.6 Å². The largest absolute Gasteiger partial charge is 0.365 e. The molecule has 1 amide bonds. The number of rotatable bonds is 8. The van der Waals surface area contributed by atoms with E-state index in [2.05, 4.69) is 20.7 Å². The summed E-state index contributed by atoms with van der Waals surface area (Å²) in [7, 11) is 0. The summed E-state index contributed by atoms with van der Waals surface area (Å²) in [6.07, 6.45) is 16.6. The second-order valence-corrected chi connectivity index (χ2v) is 9.97. The lowest BCUT2D eigenvalue weighted by Crippen LogP contribution is -2.44. The minimum absolute atomic E-state index is 0.345. The van der Waals surface area contributed by atoms with Crippen molar-refractivity contribution >= 4 is 29.4 Å². The molecule has 3 heterocycles. The minimum Gasteiger partial charge on any atom is -0.365 e. The number of nitrogens with zero attached hydrogens (tertiary/aromatic N) is 2. The molecule has 33 heavy (non-hydrogen) atoms. The summed E-state index contributed by atoms with van der Waals surface area (Å²) in [5, 5.41) is 4.11. The molecule has 3 fully saturated rings. The van der Waals surface area contributed by atoms with E-state index in [0.717, 1.165) is 43.7 Å². The summed E-state index contributed by atoms with van der Waals surface area (Å²) in [6.45, 7) is 4.13. The van der Waals surface area contributed by atoms with Crippen LogP contribution in [0.5, 0.6) is 0 Å². The molecule has 0 bridgehead atoms. The van der Waals surface area contributed by atoms with Gasteiger partial charge in [-0.15, -0.1) is 0 Å².